The predicted molar refractivity (Wildman–Crippen MR) is 90.6 cm³/mol. The van der Waals surface area contributed by atoms with Gasteiger partial charge in [0.05, 0.1) is 0 Å². The van der Waals surface area contributed by atoms with Crippen LogP contribution < -0.4 is 0 Å². The Labute approximate surface area is 145 Å². The maximum absolute atomic E-state index is 3.36. The molecule has 21 heavy (non-hydrogen) atoms. The summed E-state index contributed by atoms with van der Waals surface area (Å²) >= 11 is 1.74. The van der Waals surface area contributed by atoms with E-state index in [1.807, 2.05) is 12.2 Å². The van der Waals surface area contributed by atoms with Crippen LogP contribution in [-0.2, 0) is 23.3 Å². The fourth-order valence-electron chi connectivity index (χ4n) is 2.09. The Morgan fingerprint density at radius 2 is 1.76 bits per heavy atom. The molecule has 0 aliphatic heterocycles. The minimum absolute atomic E-state index is 0.210. The molecule has 0 aromatic heterocycles. The van der Waals surface area contributed by atoms with Crippen molar-refractivity contribution in [1.82, 2.24) is 0 Å². The van der Waals surface area contributed by atoms with Crippen LogP contribution in [0.2, 0.25) is 13.1 Å². The zero-order valence-electron chi connectivity index (χ0n) is 14.0. The molecule has 1 atom stereocenters. The van der Waals surface area contributed by atoms with E-state index < -0.39 is 0 Å². The zero-order valence-corrected chi connectivity index (χ0v) is 17.4. The SMILES string of the molecule is CC1=[C-]C(C)C(C)=C1C.C[Si](C)=[Zr+2].[C-]1=C2C=CC=C2C=C1. The molecule has 0 heterocycles. The van der Waals surface area contributed by atoms with Gasteiger partial charge in [-0.15, -0.1) is 36.8 Å². The van der Waals surface area contributed by atoms with Gasteiger partial charge < -0.3 is 0 Å². The van der Waals surface area contributed by atoms with E-state index in [4.69, 9.17) is 0 Å². The van der Waals surface area contributed by atoms with E-state index >= 15 is 0 Å². The van der Waals surface area contributed by atoms with Crippen molar-refractivity contribution in [3.05, 3.63) is 70.4 Å². The summed E-state index contributed by atoms with van der Waals surface area (Å²) < 4.78 is 0. The zero-order chi connectivity index (χ0) is 16.0. The van der Waals surface area contributed by atoms with E-state index in [2.05, 4.69) is 71.2 Å². The first-order valence-corrected chi connectivity index (χ1v) is 13.5. The minimum atomic E-state index is 0.210. The van der Waals surface area contributed by atoms with Gasteiger partial charge in [0.25, 0.3) is 0 Å². The Morgan fingerprint density at radius 1 is 1.14 bits per heavy atom. The molecule has 0 saturated carbocycles. The fourth-order valence-corrected chi connectivity index (χ4v) is 2.09. The minimum Gasteiger partial charge on any atom is -0.168 e. The van der Waals surface area contributed by atoms with Gasteiger partial charge in [-0.1, -0.05) is 26.7 Å². The molecule has 3 rings (SSSR count). The number of fused-ring (bicyclic) bond motifs is 1. The quantitative estimate of drug-likeness (QED) is 0.401. The van der Waals surface area contributed by atoms with Crippen molar-refractivity contribution in [2.75, 3.05) is 0 Å². The van der Waals surface area contributed by atoms with E-state index in [-0.39, 0.29) is 5.43 Å². The summed E-state index contributed by atoms with van der Waals surface area (Å²) in [5.74, 6) is 0.560. The van der Waals surface area contributed by atoms with Gasteiger partial charge in [0.1, 0.15) is 0 Å². The number of hydrogen-bond acceptors (Lipinski definition) is 0. The summed E-state index contributed by atoms with van der Waals surface area (Å²) in [6.07, 6.45) is 16.7. The summed E-state index contributed by atoms with van der Waals surface area (Å²) in [6.45, 7) is 13.3. The Hall–Kier alpha value is -0.460. The molecule has 0 bridgehead atoms. The van der Waals surface area contributed by atoms with Crippen LogP contribution in [-0.4, -0.2) is 5.43 Å². The first-order valence-electron chi connectivity index (χ1n) is 7.31. The third-order valence-corrected chi connectivity index (χ3v) is 3.59. The van der Waals surface area contributed by atoms with Crippen LogP contribution in [0.1, 0.15) is 27.7 Å². The Balaban J connectivity index is 0.000000170. The Kier molecular flexibility index (Phi) is 7.84. The van der Waals surface area contributed by atoms with Crippen LogP contribution in [0.15, 0.2) is 58.2 Å². The second-order valence-corrected chi connectivity index (χ2v) is 15.0. The third-order valence-electron chi connectivity index (χ3n) is 3.59. The maximum atomic E-state index is 3.36. The molecule has 3 aliphatic carbocycles. The van der Waals surface area contributed by atoms with E-state index in [9.17, 15) is 0 Å². The van der Waals surface area contributed by atoms with Crippen molar-refractivity contribution < 1.29 is 23.3 Å². The van der Waals surface area contributed by atoms with Crippen LogP contribution in [0.5, 0.6) is 0 Å². The molecule has 0 radical (unpaired) electrons. The van der Waals surface area contributed by atoms with Crippen LogP contribution >= 0.6 is 0 Å². The molecule has 0 fully saturated rings. The first kappa shape index (κ1) is 18.6. The summed E-state index contributed by atoms with van der Waals surface area (Å²) in [6, 6.07) is 0. The summed E-state index contributed by atoms with van der Waals surface area (Å²) in [4.78, 5) is 0. The summed E-state index contributed by atoms with van der Waals surface area (Å²) in [5.41, 5.74) is 6.98. The molecule has 0 aromatic rings. The number of rotatable bonds is 0. The van der Waals surface area contributed by atoms with Crippen molar-refractivity contribution in [3.8, 4) is 0 Å². The van der Waals surface area contributed by atoms with E-state index in [1.165, 1.54) is 27.9 Å². The topological polar surface area (TPSA) is 0 Å². The van der Waals surface area contributed by atoms with Crippen LogP contribution in [0, 0.1) is 18.1 Å². The van der Waals surface area contributed by atoms with Gasteiger partial charge >= 0.3 is 41.9 Å². The van der Waals surface area contributed by atoms with Crippen molar-refractivity contribution in [1.29, 1.82) is 0 Å². The van der Waals surface area contributed by atoms with Crippen molar-refractivity contribution >= 4 is 5.43 Å². The molecule has 3 aliphatic rings. The van der Waals surface area contributed by atoms with Crippen molar-refractivity contribution in [3.63, 3.8) is 0 Å². The second-order valence-electron chi connectivity index (χ2n) is 5.67. The van der Waals surface area contributed by atoms with Crippen molar-refractivity contribution in [2.45, 2.75) is 40.8 Å². The molecule has 108 valence electrons. The first-order chi connectivity index (χ1) is 9.82. The molecule has 0 amide bonds. The number of hydrogen-bond donors (Lipinski definition) is 0. The van der Waals surface area contributed by atoms with Gasteiger partial charge in [0, 0.05) is 0 Å². The second kappa shape index (κ2) is 8.86. The Bertz CT molecular complexity index is 565. The van der Waals surface area contributed by atoms with Gasteiger partial charge in [-0.3, -0.25) is 6.08 Å². The van der Waals surface area contributed by atoms with E-state index in [1.54, 1.807) is 23.3 Å². The molecule has 0 saturated heterocycles. The predicted octanol–water partition coefficient (Wildman–Crippen LogP) is 5.29. The van der Waals surface area contributed by atoms with Gasteiger partial charge in [-0.05, 0) is 0 Å². The molecule has 0 nitrogen and oxygen atoms in total. The number of allylic oxidation sites excluding steroid dienone is 12. The molecule has 0 aromatic carbocycles. The van der Waals surface area contributed by atoms with Crippen molar-refractivity contribution in [2.24, 2.45) is 5.92 Å². The largest absolute Gasteiger partial charge is 0.168 e. The van der Waals surface area contributed by atoms with Gasteiger partial charge in [-0.25, -0.2) is 5.57 Å². The van der Waals surface area contributed by atoms with Crippen LogP contribution in [0.3, 0.4) is 0 Å². The normalized spacial score (nSPS) is 21.0. The molecular weight excluding hydrogens is 348 g/mol. The average molecular weight is 372 g/mol. The Morgan fingerprint density at radius 3 is 2.14 bits per heavy atom. The molecule has 0 N–H and O–H groups in total. The molecule has 1 unspecified atom stereocenters. The average Bonchev–Trinajstić information content (AvgIpc) is 3.03. The monoisotopic (exact) mass is 370 g/mol. The molecule has 0 spiro atoms. The standard InChI is InChI=1S/C9H13.C8H5.C2H6Si.Zr/c1-6-5-7(2)9(4)8(6)3;1-3-7-5-2-6-8(7)4-1;1-3-2;/h6H,1-4H3;1-5H;1-2H3;/q2*-1;;+2. The van der Waals surface area contributed by atoms with E-state index in [0.29, 0.717) is 5.92 Å². The summed E-state index contributed by atoms with van der Waals surface area (Å²) in [7, 11) is 0. The van der Waals surface area contributed by atoms with Crippen LogP contribution in [0.4, 0.5) is 0 Å². The molecule has 2 heteroatoms. The fraction of sp³-hybridized carbons (Fsp3) is 0.368. The smallest absolute Gasteiger partial charge is 0.113 e. The molecular formula is C19H24SiZr. The van der Waals surface area contributed by atoms with Gasteiger partial charge in [-0.2, -0.15) is 28.9 Å². The summed E-state index contributed by atoms with van der Waals surface area (Å²) in [5, 5.41) is 0. The van der Waals surface area contributed by atoms with Crippen LogP contribution in [0.25, 0.3) is 0 Å². The third kappa shape index (κ3) is 6.04. The van der Waals surface area contributed by atoms with Gasteiger partial charge in [0.2, 0.25) is 0 Å². The van der Waals surface area contributed by atoms with E-state index in [0.717, 1.165) is 0 Å². The van der Waals surface area contributed by atoms with Gasteiger partial charge in [0.15, 0.2) is 0 Å². The maximum Gasteiger partial charge on any atom is -0.113 e.